The summed E-state index contributed by atoms with van der Waals surface area (Å²) in [7, 11) is 0. The van der Waals surface area contributed by atoms with Crippen LogP contribution in [-0.2, 0) is 6.42 Å². The molecule has 0 saturated carbocycles. The number of non-ortho nitro benzene ring substituents is 1. The number of aryl methyl sites for hydroxylation is 1. The van der Waals surface area contributed by atoms with Gasteiger partial charge >= 0.3 is 0 Å². The number of nitrogens with zero attached hydrogens (tertiary/aromatic N) is 1. The van der Waals surface area contributed by atoms with Crippen LogP contribution in [0.3, 0.4) is 0 Å². The van der Waals surface area contributed by atoms with E-state index in [-0.39, 0.29) is 17.0 Å². The standard InChI is InChI=1S/C17H18N2O4/c1-2-3-4-12-5-10-16(20)15(11-12)17(21)18-13-6-8-14(9-7-13)19(22)23/h5-11,20H,2-4H2,1H3,(H,18,21). The van der Waals surface area contributed by atoms with Crippen LogP contribution < -0.4 is 5.32 Å². The number of nitro benzene ring substituents is 1. The van der Waals surface area contributed by atoms with Gasteiger partial charge in [-0.25, -0.2) is 0 Å². The minimum Gasteiger partial charge on any atom is -0.507 e. The first kappa shape index (κ1) is 16.5. The molecule has 2 aromatic rings. The van der Waals surface area contributed by atoms with Crippen LogP contribution in [0.4, 0.5) is 11.4 Å². The average molecular weight is 314 g/mol. The Morgan fingerprint density at radius 3 is 2.52 bits per heavy atom. The Labute approximate surface area is 133 Å². The monoisotopic (exact) mass is 314 g/mol. The molecule has 0 bridgehead atoms. The van der Waals surface area contributed by atoms with Crippen molar-refractivity contribution in [2.75, 3.05) is 5.32 Å². The van der Waals surface area contributed by atoms with Crippen LogP contribution in [0.1, 0.15) is 35.7 Å². The normalized spacial score (nSPS) is 10.3. The summed E-state index contributed by atoms with van der Waals surface area (Å²) in [6.45, 7) is 2.09. The molecule has 2 rings (SSSR count). The van der Waals surface area contributed by atoms with Crippen LogP contribution in [0.25, 0.3) is 0 Å². The van der Waals surface area contributed by atoms with Crippen molar-refractivity contribution in [3.05, 3.63) is 63.7 Å². The molecule has 2 aromatic carbocycles. The summed E-state index contributed by atoms with van der Waals surface area (Å²) in [5.74, 6) is -0.542. The largest absolute Gasteiger partial charge is 0.507 e. The molecule has 1 amide bonds. The molecule has 0 aliphatic rings. The fourth-order valence-corrected chi connectivity index (χ4v) is 2.17. The molecular weight excluding hydrogens is 296 g/mol. The maximum atomic E-state index is 12.3. The zero-order valence-corrected chi connectivity index (χ0v) is 12.8. The number of carbonyl (C=O) groups is 1. The summed E-state index contributed by atoms with van der Waals surface area (Å²) in [4.78, 5) is 22.4. The molecule has 0 aromatic heterocycles. The van der Waals surface area contributed by atoms with E-state index in [2.05, 4.69) is 12.2 Å². The number of hydrogen-bond donors (Lipinski definition) is 2. The van der Waals surface area contributed by atoms with Crippen molar-refractivity contribution < 1.29 is 14.8 Å². The Bertz CT molecular complexity index is 711. The molecule has 0 radical (unpaired) electrons. The maximum Gasteiger partial charge on any atom is 0.269 e. The van der Waals surface area contributed by atoms with Crippen molar-refractivity contribution in [1.82, 2.24) is 0 Å². The first-order valence-corrected chi connectivity index (χ1v) is 7.39. The first-order chi connectivity index (χ1) is 11.0. The molecule has 0 heterocycles. The number of phenols is 1. The van der Waals surface area contributed by atoms with E-state index in [1.54, 1.807) is 12.1 Å². The lowest BCUT2D eigenvalue weighted by Gasteiger charge is -2.09. The molecule has 0 atom stereocenters. The van der Waals surface area contributed by atoms with Crippen LogP contribution >= 0.6 is 0 Å². The highest BCUT2D eigenvalue weighted by molar-refractivity contribution is 6.06. The van der Waals surface area contributed by atoms with E-state index in [0.717, 1.165) is 24.8 Å². The number of rotatable bonds is 6. The molecule has 0 aliphatic carbocycles. The summed E-state index contributed by atoms with van der Waals surface area (Å²) in [5, 5.41) is 23.1. The first-order valence-electron chi connectivity index (χ1n) is 7.39. The van der Waals surface area contributed by atoms with Gasteiger partial charge in [0.1, 0.15) is 5.75 Å². The van der Waals surface area contributed by atoms with E-state index in [9.17, 15) is 20.0 Å². The number of unbranched alkanes of at least 4 members (excludes halogenated alkanes) is 1. The third kappa shape index (κ3) is 4.29. The van der Waals surface area contributed by atoms with Crippen LogP contribution in [0.2, 0.25) is 0 Å². The third-order valence-corrected chi connectivity index (χ3v) is 3.46. The number of carbonyl (C=O) groups excluding carboxylic acids is 1. The van der Waals surface area contributed by atoms with Gasteiger partial charge in [0.25, 0.3) is 11.6 Å². The van der Waals surface area contributed by atoms with Gasteiger partial charge in [-0.15, -0.1) is 0 Å². The molecule has 6 heteroatoms. The number of nitro groups is 1. The fraction of sp³-hybridized carbons (Fsp3) is 0.235. The molecule has 0 aliphatic heterocycles. The van der Waals surface area contributed by atoms with E-state index >= 15 is 0 Å². The van der Waals surface area contributed by atoms with Gasteiger partial charge in [-0.3, -0.25) is 14.9 Å². The second kappa shape index (κ2) is 7.40. The van der Waals surface area contributed by atoms with E-state index < -0.39 is 10.8 Å². The van der Waals surface area contributed by atoms with Gasteiger partial charge in [0.15, 0.2) is 0 Å². The molecular formula is C17H18N2O4. The number of benzene rings is 2. The number of nitrogens with one attached hydrogen (secondary N) is 1. The molecule has 0 saturated heterocycles. The Morgan fingerprint density at radius 1 is 1.22 bits per heavy atom. The van der Waals surface area contributed by atoms with Gasteiger partial charge < -0.3 is 10.4 Å². The highest BCUT2D eigenvalue weighted by Gasteiger charge is 2.13. The number of aromatic hydroxyl groups is 1. The number of hydrogen-bond acceptors (Lipinski definition) is 4. The second-order valence-electron chi connectivity index (χ2n) is 5.21. The molecule has 120 valence electrons. The van der Waals surface area contributed by atoms with Crippen molar-refractivity contribution in [3.8, 4) is 5.75 Å². The van der Waals surface area contributed by atoms with Crippen LogP contribution in [0, 0.1) is 10.1 Å². The summed E-state index contributed by atoms with van der Waals surface area (Å²) in [6, 6.07) is 10.5. The minimum absolute atomic E-state index is 0.0487. The Kier molecular flexibility index (Phi) is 5.30. The van der Waals surface area contributed by atoms with Crippen molar-refractivity contribution in [2.45, 2.75) is 26.2 Å². The molecule has 2 N–H and O–H groups in total. The highest BCUT2D eigenvalue weighted by Crippen LogP contribution is 2.22. The third-order valence-electron chi connectivity index (χ3n) is 3.46. The van der Waals surface area contributed by atoms with Gasteiger partial charge in [0, 0.05) is 17.8 Å². The lowest BCUT2D eigenvalue weighted by molar-refractivity contribution is -0.384. The number of amides is 1. The smallest absolute Gasteiger partial charge is 0.269 e. The SMILES string of the molecule is CCCCc1ccc(O)c(C(=O)Nc2ccc([N+](=O)[O-])cc2)c1. The summed E-state index contributed by atoms with van der Waals surface area (Å²) >= 11 is 0. The maximum absolute atomic E-state index is 12.3. The minimum atomic E-state index is -0.505. The van der Waals surface area contributed by atoms with Crippen molar-refractivity contribution in [2.24, 2.45) is 0 Å². The zero-order valence-electron chi connectivity index (χ0n) is 12.8. The topological polar surface area (TPSA) is 92.5 Å². The van der Waals surface area contributed by atoms with Crippen molar-refractivity contribution in [3.63, 3.8) is 0 Å². The molecule has 0 fully saturated rings. The quantitative estimate of drug-likeness (QED) is 0.625. The van der Waals surface area contributed by atoms with Crippen LogP contribution in [0.5, 0.6) is 5.75 Å². The predicted octanol–water partition coefficient (Wildman–Crippen LogP) is 3.90. The number of anilines is 1. The Balaban J connectivity index is 2.14. The molecule has 6 nitrogen and oxygen atoms in total. The number of phenolic OH excluding ortho intramolecular Hbond substituents is 1. The highest BCUT2D eigenvalue weighted by atomic mass is 16.6. The predicted molar refractivity (Wildman–Crippen MR) is 87.8 cm³/mol. The van der Waals surface area contributed by atoms with Gasteiger partial charge in [-0.1, -0.05) is 19.4 Å². The van der Waals surface area contributed by atoms with Gasteiger partial charge in [-0.05, 0) is 42.7 Å². The van der Waals surface area contributed by atoms with E-state index in [4.69, 9.17) is 0 Å². The van der Waals surface area contributed by atoms with E-state index in [1.165, 1.54) is 30.3 Å². The van der Waals surface area contributed by atoms with E-state index in [0.29, 0.717) is 5.69 Å². The average Bonchev–Trinajstić information content (AvgIpc) is 2.54. The fourth-order valence-electron chi connectivity index (χ4n) is 2.17. The molecule has 0 unspecified atom stereocenters. The summed E-state index contributed by atoms with van der Waals surface area (Å²) in [5.41, 5.74) is 1.56. The zero-order chi connectivity index (χ0) is 16.8. The lowest BCUT2D eigenvalue weighted by atomic mass is 10.0. The Hall–Kier alpha value is -2.89. The van der Waals surface area contributed by atoms with Gasteiger partial charge in [0.05, 0.1) is 10.5 Å². The summed E-state index contributed by atoms with van der Waals surface area (Å²) in [6.07, 6.45) is 2.90. The van der Waals surface area contributed by atoms with E-state index in [1.807, 2.05) is 0 Å². The lowest BCUT2D eigenvalue weighted by Crippen LogP contribution is -2.12. The van der Waals surface area contributed by atoms with Crippen LogP contribution in [0.15, 0.2) is 42.5 Å². The van der Waals surface area contributed by atoms with Gasteiger partial charge in [0.2, 0.25) is 0 Å². The van der Waals surface area contributed by atoms with Crippen molar-refractivity contribution in [1.29, 1.82) is 0 Å². The Morgan fingerprint density at radius 2 is 1.91 bits per heavy atom. The molecule has 0 spiro atoms. The summed E-state index contributed by atoms with van der Waals surface area (Å²) < 4.78 is 0. The van der Waals surface area contributed by atoms with Crippen molar-refractivity contribution >= 4 is 17.3 Å². The second-order valence-corrected chi connectivity index (χ2v) is 5.21. The van der Waals surface area contributed by atoms with Gasteiger partial charge in [-0.2, -0.15) is 0 Å². The molecule has 23 heavy (non-hydrogen) atoms. The van der Waals surface area contributed by atoms with Crippen LogP contribution in [-0.4, -0.2) is 15.9 Å².